The Morgan fingerprint density at radius 3 is 2.62 bits per heavy atom. The summed E-state index contributed by atoms with van der Waals surface area (Å²) < 4.78 is 5.10. The third-order valence-corrected chi connectivity index (χ3v) is 4.05. The van der Waals surface area contributed by atoms with Crippen LogP contribution in [-0.2, 0) is 9.53 Å². The van der Waals surface area contributed by atoms with Gasteiger partial charge in [-0.3, -0.25) is 9.59 Å². The second kappa shape index (κ2) is 10.3. The van der Waals surface area contributed by atoms with E-state index in [-0.39, 0.29) is 43.3 Å². The lowest BCUT2D eigenvalue weighted by Crippen LogP contribution is -2.35. The van der Waals surface area contributed by atoms with E-state index >= 15 is 0 Å². The van der Waals surface area contributed by atoms with Gasteiger partial charge in [-0.25, -0.2) is 0 Å². The van der Waals surface area contributed by atoms with Crippen molar-refractivity contribution in [3.05, 3.63) is 29.8 Å². The molecule has 1 atom stereocenters. The molecule has 0 radical (unpaired) electrons. The third-order valence-electron chi connectivity index (χ3n) is 4.05. The van der Waals surface area contributed by atoms with E-state index in [1.165, 1.54) is 13.5 Å². The monoisotopic (exact) mass is 355 g/mol. The van der Waals surface area contributed by atoms with Crippen molar-refractivity contribution in [1.29, 1.82) is 0 Å². The number of methoxy groups -OCH3 is 1. The van der Waals surface area contributed by atoms with Gasteiger partial charge in [0, 0.05) is 38.0 Å². The van der Waals surface area contributed by atoms with Crippen molar-refractivity contribution in [2.45, 2.75) is 31.8 Å². The first-order valence-electron chi connectivity index (χ1n) is 8.06. The van der Waals surface area contributed by atoms with Gasteiger partial charge in [-0.1, -0.05) is 6.07 Å². The highest BCUT2D eigenvalue weighted by molar-refractivity contribution is 5.97. The van der Waals surface area contributed by atoms with Crippen molar-refractivity contribution < 1.29 is 14.3 Å². The van der Waals surface area contributed by atoms with Crippen LogP contribution in [0, 0.1) is 0 Å². The third kappa shape index (κ3) is 5.78. The molecule has 1 unspecified atom stereocenters. The molecule has 2 amide bonds. The van der Waals surface area contributed by atoms with E-state index in [0.29, 0.717) is 11.3 Å². The summed E-state index contributed by atoms with van der Waals surface area (Å²) in [6.45, 7) is 1.90. The quantitative estimate of drug-likeness (QED) is 0.817. The molecule has 6 nitrogen and oxygen atoms in total. The van der Waals surface area contributed by atoms with E-state index < -0.39 is 0 Å². The van der Waals surface area contributed by atoms with Crippen LogP contribution in [-0.4, -0.2) is 49.6 Å². The highest BCUT2D eigenvalue weighted by atomic mass is 35.5. The standard InChI is InChI=1S/C17H25N3O3.ClH/c1-23-15(12-18)11-16(21)19-14-7-5-6-13(10-14)17(22)20-8-3-2-4-9-20;/h5-7,10,15H,2-4,8-9,11-12,18H2,1H3,(H,19,21);1H. The lowest BCUT2D eigenvalue weighted by Gasteiger charge is -2.26. The molecule has 1 aliphatic heterocycles. The summed E-state index contributed by atoms with van der Waals surface area (Å²) in [5, 5.41) is 2.79. The average molecular weight is 356 g/mol. The van der Waals surface area contributed by atoms with Gasteiger partial charge >= 0.3 is 0 Å². The molecule has 1 aromatic carbocycles. The molecule has 24 heavy (non-hydrogen) atoms. The largest absolute Gasteiger partial charge is 0.380 e. The first-order chi connectivity index (χ1) is 11.1. The number of rotatable bonds is 6. The zero-order chi connectivity index (χ0) is 16.7. The molecule has 3 N–H and O–H groups in total. The SMILES string of the molecule is COC(CN)CC(=O)Nc1cccc(C(=O)N2CCCCC2)c1.Cl. The Bertz CT molecular complexity index is 544. The van der Waals surface area contributed by atoms with Crippen LogP contribution in [0.1, 0.15) is 36.0 Å². The second-order valence-corrected chi connectivity index (χ2v) is 5.78. The van der Waals surface area contributed by atoms with E-state index in [1.807, 2.05) is 4.90 Å². The number of amides is 2. The number of piperidine rings is 1. The fraction of sp³-hybridized carbons (Fsp3) is 0.529. The number of hydrogen-bond acceptors (Lipinski definition) is 4. The van der Waals surface area contributed by atoms with Crippen molar-refractivity contribution >= 4 is 29.9 Å². The number of anilines is 1. The van der Waals surface area contributed by atoms with Crippen molar-refractivity contribution in [2.24, 2.45) is 5.73 Å². The number of halogens is 1. The van der Waals surface area contributed by atoms with Gasteiger partial charge in [-0.05, 0) is 37.5 Å². The first kappa shape index (κ1) is 20.4. The van der Waals surface area contributed by atoms with E-state index in [0.717, 1.165) is 25.9 Å². The number of ether oxygens (including phenoxy) is 1. The number of nitrogens with zero attached hydrogens (tertiary/aromatic N) is 1. The molecule has 134 valence electrons. The highest BCUT2D eigenvalue weighted by Crippen LogP contribution is 2.16. The van der Waals surface area contributed by atoms with E-state index in [2.05, 4.69) is 5.32 Å². The van der Waals surface area contributed by atoms with Gasteiger partial charge < -0.3 is 20.7 Å². The van der Waals surface area contributed by atoms with Gasteiger partial charge in [0.2, 0.25) is 5.91 Å². The van der Waals surface area contributed by atoms with Crippen molar-refractivity contribution in [3.8, 4) is 0 Å². The van der Waals surface area contributed by atoms with Crippen LogP contribution in [0.15, 0.2) is 24.3 Å². The molecule has 0 bridgehead atoms. The Labute approximate surface area is 149 Å². The smallest absolute Gasteiger partial charge is 0.253 e. The van der Waals surface area contributed by atoms with Gasteiger partial charge in [-0.2, -0.15) is 0 Å². The maximum atomic E-state index is 12.5. The molecule has 7 heteroatoms. The zero-order valence-electron chi connectivity index (χ0n) is 14.0. The summed E-state index contributed by atoms with van der Waals surface area (Å²) in [5.41, 5.74) is 6.74. The lowest BCUT2D eigenvalue weighted by molar-refractivity contribution is -0.118. The fourth-order valence-corrected chi connectivity index (χ4v) is 2.69. The van der Waals surface area contributed by atoms with Gasteiger partial charge in [0.1, 0.15) is 0 Å². The molecule has 0 aliphatic carbocycles. The molecule has 2 rings (SSSR count). The van der Waals surface area contributed by atoms with E-state index in [9.17, 15) is 9.59 Å². The number of carbonyl (C=O) groups excluding carboxylic acids is 2. The number of benzene rings is 1. The van der Waals surface area contributed by atoms with Gasteiger partial charge in [0.05, 0.1) is 12.5 Å². The van der Waals surface area contributed by atoms with E-state index in [4.69, 9.17) is 10.5 Å². The predicted molar refractivity (Wildman–Crippen MR) is 96.5 cm³/mol. The highest BCUT2D eigenvalue weighted by Gasteiger charge is 2.18. The molecular weight excluding hydrogens is 330 g/mol. The van der Waals surface area contributed by atoms with Crippen LogP contribution >= 0.6 is 12.4 Å². The Morgan fingerprint density at radius 2 is 2.00 bits per heavy atom. The molecule has 1 heterocycles. The average Bonchev–Trinajstić information content (AvgIpc) is 2.60. The summed E-state index contributed by atoms with van der Waals surface area (Å²) in [6.07, 6.45) is 3.19. The van der Waals surface area contributed by atoms with Crippen molar-refractivity contribution in [2.75, 3.05) is 32.1 Å². The molecule has 1 aliphatic rings. The van der Waals surface area contributed by atoms with Crippen LogP contribution < -0.4 is 11.1 Å². The molecule has 0 spiro atoms. The van der Waals surface area contributed by atoms with Crippen LogP contribution in [0.3, 0.4) is 0 Å². The first-order valence-corrected chi connectivity index (χ1v) is 8.06. The zero-order valence-corrected chi connectivity index (χ0v) is 14.8. The van der Waals surface area contributed by atoms with Crippen LogP contribution in [0.25, 0.3) is 0 Å². The van der Waals surface area contributed by atoms with Crippen LogP contribution in [0.4, 0.5) is 5.69 Å². The van der Waals surface area contributed by atoms with Gasteiger partial charge in [-0.15, -0.1) is 12.4 Å². The van der Waals surface area contributed by atoms with Crippen LogP contribution in [0.2, 0.25) is 0 Å². The van der Waals surface area contributed by atoms with Crippen molar-refractivity contribution in [3.63, 3.8) is 0 Å². The van der Waals surface area contributed by atoms with E-state index in [1.54, 1.807) is 24.3 Å². The normalized spacial score (nSPS) is 15.3. The van der Waals surface area contributed by atoms with Gasteiger partial charge in [0.25, 0.3) is 5.91 Å². The summed E-state index contributed by atoms with van der Waals surface area (Å²) in [5.74, 6) is -0.151. The Kier molecular flexibility index (Phi) is 8.74. The second-order valence-electron chi connectivity index (χ2n) is 5.78. The molecule has 0 saturated carbocycles. The molecule has 1 saturated heterocycles. The number of carbonyl (C=O) groups is 2. The lowest BCUT2D eigenvalue weighted by atomic mass is 10.1. The Morgan fingerprint density at radius 1 is 1.29 bits per heavy atom. The minimum Gasteiger partial charge on any atom is -0.380 e. The minimum absolute atomic E-state index is 0. The number of nitrogens with one attached hydrogen (secondary N) is 1. The number of nitrogens with two attached hydrogens (primary N) is 1. The maximum Gasteiger partial charge on any atom is 0.253 e. The maximum absolute atomic E-state index is 12.5. The van der Waals surface area contributed by atoms with Gasteiger partial charge in [0.15, 0.2) is 0 Å². The topological polar surface area (TPSA) is 84.7 Å². The number of hydrogen-bond donors (Lipinski definition) is 2. The fourth-order valence-electron chi connectivity index (χ4n) is 2.69. The number of likely N-dealkylation sites (tertiary alicyclic amines) is 1. The molecule has 0 aromatic heterocycles. The Hall–Kier alpha value is -1.63. The molecule has 1 fully saturated rings. The van der Waals surface area contributed by atoms with Crippen LogP contribution in [0.5, 0.6) is 0 Å². The molecule has 1 aromatic rings. The summed E-state index contributed by atoms with van der Waals surface area (Å²) in [7, 11) is 1.53. The Balaban J connectivity index is 0.00000288. The van der Waals surface area contributed by atoms with Crippen molar-refractivity contribution in [1.82, 2.24) is 4.90 Å². The predicted octanol–water partition coefficient (Wildman–Crippen LogP) is 2.04. The summed E-state index contributed by atoms with van der Waals surface area (Å²) in [6, 6.07) is 7.06. The minimum atomic E-state index is -0.298. The molecular formula is C17H26ClN3O3. The summed E-state index contributed by atoms with van der Waals surface area (Å²) >= 11 is 0. The summed E-state index contributed by atoms with van der Waals surface area (Å²) in [4.78, 5) is 26.3.